The number of rotatable bonds is 2. The molecule has 1 atom stereocenters. The van der Waals surface area contributed by atoms with Crippen LogP contribution in [0.2, 0.25) is 0 Å². The average Bonchev–Trinajstić information content (AvgIpc) is 3.09. The highest BCUT2D eigenvalue weighted by Crippen LogP contribution is 2.16. The summed E-state index contributed by atoms with van der Waals surface area (Å²) in [5, 5.41) is 9.94. The van der Waals surface area contributed by atoms with Crippen molar-refractivity contribution in [2.45, 2.75) is 12.2 Å². The quantitative estimate of drug-likeness (QED) is 0.382. The van der Waals surface area contributed by atoms with Crippen molar-refractivity contribution < 1.29 is 14.3 Å². The summed E-state index contributed by atoms with van der Waals surface area (Å²) in [6.45, 7) is 1.51. The van der Waals surface area contributed by atoms with Gasteiger partial charge in [-0.05, 0) is 18.2 Å². The summed E-state index contributed by atoms with van der Waals surface area (Å²) in [4.78, 5) is 13.6. The SMILES string of the molecule is CC(S)C(=O)O.Nc1cc2ccc1=2.c1ccc(-c2cocn2)cc1. The van der Waals surface area contributed by atoms with E-state index in [1.165, 1.54) is 23.8 Å². The van der Waals surface area contributed by atoms with Crippen molar-refractivity contribution in [3.05, 3.63) is 71.6 Å². The van der Waals surface area contributed by atoms with Crippen LogP contribution < -0.4 is 5.73 Å². The summed E-state index contributed by atoms with van der Waals surface area (Å²) in [6, 6.07) is 16.0. The molecule has 0 bridgehead atoms. The van der Waals surface area contributed by atoms with E-state index in [0.717, 1.165) is 16.9 Å². The molecule has 124 valence electrons. The molecular weight excluding hydrogens is 324 g/mol. The zero-order valence-electron chi connectivity index (χ0n) is 13.1. The van der Waals surface area contributed by atoms with Crippen LogP contribution in [-0.4, -0.2) is 21.3 Å². The number of benzene rings is 2. The van der Waals surface area contributed by atoms with Crippen LogP contribution in [0.1, 0.15) is 6.92 Å². The fraction of sp³-hybridized carbons (Fsp3) is 0.111. The van der Waals surface area contributed by atoms with E-state index in [1.807, 2.05) is 42.5 Å². The minimum absolute atomic E-state index is 0.537. The fourth-order valence-corrected chi connectivity index (χ4v) is 1.78. The third-order valence-electron chi connectivity index (χ3n) is 3.22. The monoisotopic (exact) mass is 342 g/mol. The van der Waals surface area contributed by atoms with Gasteiger partial charge in [-0.2, -0.15) is 12.6 Å². The van der Waals surface area contributed by atoms with E-state index >= 15 is 0 Å². The standard InChI is InChI=1S/C9H7NO.C6H5N.C3H6O2S/c1-2-4-8(5-3-1)9-6-11-7-10-9;7-6-3-4-1-2-5(4)6;1-2(6)3(4)5/h1-7H;1-3H,7H2;2,6H,1H3,(H,4,5). The third kappa shape index (κ3) is 4.63. The minimum Gasteiger partial charge on any atom is -0.480 e. The van der Waals surface area contributed by atoms with Gasteiger partial charge in [0.2, 0.25) is 0 Å². The van der Waals surface area contributed by atoms with Crippen molar-refractivity contribution in [2.24, 2.45) is 0 Å². The van der Waals surface area contributed by atoms with E-state index in [0.29, 0.717) is 0 Å². The number of carboxylic acids is 1. The van der Waals surface area contributed by atoms with E-state index in [4.69, 9.17) is 15.3 Å². The van der Waals surface area contributed by atoms with E-state index in [-0.39, 0.29) is 0 Å². The first-order chi connectivity index (χ1) is 11.5. The van der Waals surface area contributed by atoms with Crippen LogP contribution in [0.4, 0.5) is 5.69 Å². The second kappa shape index (κ2) is 8.21. The lowest BCUT2D eigenvalue weighted by Crippen LogP contribution is -2.06. The van der Waals surface area contributed by atoms with Crippen LogP contribution in [0, 0.1) is 10.4 Å². The molecule has 2 aromatic rings. The zero-order valence-corrected chi connectivity index (χ0v) is 14.0. The molecule has 24 heavy (non-hydrogen) atoms. The minimum atomic E-state index is -0.877. The molecule has 0 spiro atoms. The number of aromatic nitrogens is 1. The number of nitrogens with zero attached hydrogens (tertiary/aromatic N) is 1. The molecule has 4 rings (SSSR count). The van der Waals surface area contributed by atoms with Gasteiger partial charge in [0.15, 0.2) is 6.39 Å². The molecule has 0 saturated heterocycles. The molecular formula is C18H18N2O3S. The predicted octanol–water partition coefficient (Wildman–Crippen LogP) is 3.60. The number of carboxylic acid groups (broad SMARTS) is 1. The molecule has 0 amide bonds. The molecule has 1 aromatic carbocycles. The highest BCUT2D eigenvalue weighted by molar-refractivity contribution is 7.81. The van der Waals surface area contributed by atoms with Gasteiger partial charge in [-0.25, -0.2) is 4.98 Å². The van der Waals surface area contributed by atoms with Crippen LogP contribution in [0.3, 0.4) is 0 Å². The van der Waals surface area contributed by atoms with Crippen molar-refractivity contribution in [2.75, 3.05) is 5.73 Å². The average molecular weight is 342 g/mol. The van der Waals surface area contributed by atoms with Gasteiger partial charge in [0, 0.05) is 16.5 Å². The van der Waals surface area contributed by atoms with Gasteiger partial charge in [-0.3, -0.25) is 4.79 Å². The van der Waals surface area contributed by atoms with Crippen molar-refractivity contribution in [3.8, 4) is 11.3 Å². The van der Waals surface area contributed by atoms with Crippen LogP contribution in [0.15, 0.2) is 65.6 Å². The normalized spacial score (nSPS) is 11.2. The molecule has 3 N–H and O–H groups in total. The smallest absolute Gasteiger partial charge is 0.316 e. The first-order valence-electron chi connectivity index (χ1n) is 7.23. The number of aliphatic carboxylic acids is 1. The van der Waals surface area contributed by atoms with Crippen LogP contribution in [0.5, 0.6) is 0 Å². The first-order valence-corrected chi connectivity index (χ1v) is 7.75. The number of hydrogen-bond donors (Lipinski definition) is 3. The highest BCUT2D eigenvalue weighted by Gasteiger charge is 2.00. The number of carbonyl (C=O) groups is 1. The maximum atomic E-state index is 9.62. The van der Waals surface area contributed by atoms with E-state index in [9.17, 15) is 4.79 Å². The summed E-state index contributed by atoms with van der Waals surface area (Å²) in [5.41, 5.74) is 8.32. The molecule has 0 aliphatic heterocycles. The van der Waals surface area contributed by atoms with Crippen LogP contribution >= 0.6 is 12.6 Å². The number of hydrogen-bond acceptors (Lipinski definition) is 5. The Bertz CT molecular complexity index is 878. The number of nitrogens with two attached hydrogens (primary N) is 1. The zero-order chi connectivity index (χ0) is 17.5. The summed E-state index contributed by atoms with van der Waals surface area (Å²) in [6.07, 6.45) is 3.07. The van der Waals surface area contributed by atoms with Gasteiger partial charge in [0.25, 0.3) is 0 Å². The lowest BCUT2D eigenvalue weighted by Gasteiger charge is -2.03. The third-order valence-corrected chi connectivity index (χ3v) is 3.44. The summed E-state index contributed by atoms with van der Waals surface area (Å²) in [7, 11) is 0. The number of oxazole rings is 1. The molecule has 5 nitrogen and oxygen atoms in total. The second-order valence-corrected chi connectivity index (χ2v) is 5.83. The number of thiol groups is 1. The molecule has 2 aliphatic rings. The lowest BCUT2D eigenvalue weighted by atomic mass is 10.1. The van der Waals surface area contributed by atoms with Gasteiger partial charge in [0.1, 0.15) is 12.0 Å². The Morgan fingerprint density at radius 2 is 1.92 bits per heavy atom. The van der Waals surface area contributed by atoms with E-state index < -0.39 is 11.2 Å². The number of nitrogen functional groups attached to an aromatic ring is 1. The summed E-state index contributed by atoms with van der Waals surface area (Å²) < 4.78 is 4.86. The lowest BCUT2D eigenvalue weighted by molar-refractivity contribution is -0.136. The van der Waals surface area contributed by atoms with Gasteiger partial charge in [-0.15, -0.1) is 0 Å². The van der Waals surface area contributed by atoms with Crippen LogP contribution in [-0.2, 0) is 4.79 Å². The fourth-order valence-electron chi connectivity index (χ4n) is 1.78. The van der Waals surface area contributed by atoms with E-state index in [1.54, 1.807) is 6.26 Å². The molecule has 0 fully saturated rings. The van der Waals surface area contributed by atoms with Crippen molar-refractivity contribution >= 4 is 24.3 Å². The molecule has 1 aromatic heterocycles. The Morgan fingerprint density at radius 1 is 1.25 bits per heavy atom. The number of anilines is 1. The summed E-state index contributed by atoms with van der Waals surface area (Å²) in [5.74, 6) is -0.877. The largest absolute Gasteiger partial charge is 0.480 e. The van der Waals surface area contributed by atoms with Gasteiger partial charge < -0.3 is 15.3 Å². The van der Waals surface area contributed by atoms with Crippen molar-refractivity contribution in [1.82, 2.24) is 4.98 Å². The van der Waals surface area contributed by atoms with Crippen LogP contribution in [0.25, 0.3) is 11.3 Å². The predicted molar refractivity (Wildman–Crippen MR) is 96.5 cm³/mol. The van der Waals surface area contributed by atoms with Gasteiger partial charge in [-0.1, -0.05) is 42.5 Å². The Balaban J connectivity index is 0.000000139. The molecule has 1 unspecified atom stereocenters. The molecule has 2 aliphatic carbocycles. The molecule has 1 heterocycles. The Hall–Kier alpha value is -2.73. The maximum Gasteiger partial charge on any atom is 0.316 e. The Labute approximate surface area is 144 Å². The van der Waals surface area contributed by atoms with Crippen molar-refractivity contribution in [1.29, 1.82) is 0 Å². The van der Waals surface area contributed by atoms with Crippen molar-refractivity contribution in [3.63, 3.8) is 0 Å². The topological polar surface area (TPSA) is 89.3 Å². The van der Waals surface area contributed by atoms with Gasteiger partial charge >= 0.3 is 5.97 Å². The van der Waals surface area contributed by atoms with E-state index in [2.05, 4.69) is 23.7 Å². The van der Waals surface area contributed by atoms with Gasteiger partial charge in [0.05, 0.1) is 5.25 Å². The molecule has 0 saturated carbocycles. The maximum absolute atomic E-state index is 9.62. The molecule has 0 radical (unpaired) electrons. The first kappa shape index (κ1) is 17.6. The summed E-state index contributed by atoms with van der Waals surface area (Å²) >= 11 is 3.59. The second-order valence-electron chi connectivity index (χ2n) is 5.06. The molecule has 6 heteroatoms. The Kier molecular flexibility index (Phi) is 6.03. The highest BCUT2D eigenvalue weighted by atomic mass is 32.1. The Morgan fingerprint density at radius 3 is 2.21 bits per heavy atom.